The van der Waals surface area contributed by atoms with Crippen LogP contribution in [0, 0.1) is 0 Å². The van der Waals surface area contributed by atoms with Crippen LogP contribution < -0.4 is 30.1 Å². The van der Waals surface area contributed by atoms with Gasteiger partial charge in [-0.2, -0.15) is 0 Å². The van der Waals surface area contributed by atoms with Crippen molar-refractivity contribution in [2.75, 3.05) is 19.6 Å². The number of nitrogens with one attached hydrogen (secondary N) is 1. The van der Waals surface area contributed by atoms with Gasteiger partial charge in [-0.1, -0.05) is 6.04 Å². The topological polar surface area (TPSA) is 43.2 Å². The van der Waals surface area contributed by atoms with Crippen molar-refractivity contribution >= 4 is 5.78 Å². The van der Waals surface area contributed by atoms with Crippen LogP contribution in [0.1, 0.15) is 6.92 Å². The molecule has 69 valence electrons. The Hall–Kier alpha value is 0.884. The number of nitrogens with zero attached hydrogens (tertiary/aromatic N) is 1. The third-order valence-corrected chi connectivity index (χ3v) is 1.45. The van der Waals surface area contributed by atoms with Crippen LogP contribution in [0.25, 0.3) is 5.32 Å². The summed E-state index contributed by atoms with van der Waals surface area (Å²) in [5.41, 5.74) is 0. The Morgan fingerprint density at radius 1 is 1.50 bits per heavy atom. The van der Waals surface area contributed by atoms with Gasteiger partial charge in [0, 0.05) is 0 Å². The first-order valence-corrected chi connectivity index (χ1v) is 3.18. The predicted molar refractivity (Wildman–Crippen MR) is 35.6 cm³/mol. The van der Waals surface area contributed by atoms with Gasteiger partial charge in [0.25, 0.3) is 0 Å². The van der Waals surface area contributed by atoms with Crippen LogP contribution in [0.15, 0.2) is 0 Å². The number of halogens is 2. The van der Waals surface area contributed by atoms with Crippen molar-refractivity contribution in [2.45, 2.75) is 13.0 Å². The Morgan fingerprint density at radius 2 is 2.08 bits per heavy atom. The molecule has 1 N–H and O–H groups in total. The molecule has 0 bridgehead atoms. The number of hydrogen-bond donors (Lipinski definition) is 1. The van der Waals surface area contributed by atoms with Gasteiger partial charge in [-0.05, 0) is 20.0 Å². The van der Waals surface area contributed by atoms with Crippen LogP contribution in [-0.2, 0) is 26.5 Å². The number of piperazine rings is 1. The monoisotopic (exact) mass is 245 g/mol. The number of carbonyl (C=O) groups is 1. The Bertz CT molecular complexity index is 120. The Balaban J connectivity index is -0.000000270. The minimum atomic E-state index is -0.0706. The molecule has 0 aliphatic carbocycles. The van der Waals surface area contributed by atoms with E-state index >= 15 is 0 Å². The fourth-order valence-electron chi connectivity index (χ4n) is 0.875. The average Bonchev–Trinajstić information content (AvgIpc) is 1.90. The van der Waals surface area contributed by atoms with Gasteiger partial charge in [0.1, 0.15) is 5.78 Å². The standard InChI is InChI=1S/C6H11N2O.2ClH.Ti/c1-5(9)6-4-7-2-3-8-6;;;/h6-7H,2-4H2,1H3;2*1H;/q-1;;;+3/p-2. The van der Waals surface area contributed by atoms with Gasteiger partial charge >= 0.3 is 21.7 Å². The van der Waals surface area contributed by atoms with Crippen molar-refractivity contribution in [3.05, 3.63) is 5.32 Å². The minimum Gasteiger partial charge on any atom is -1.00 e. The molecule has 12 heavy (non-hydrogen) atoms. The first-order chi connectivity index (χ1) is 4.30. The first-order valence-electron chi connectivity index (χ1n) is 3.18. The summed E-state index contributed by atoms with van der Waals surface area (Å²) < 4.78 is 0. The molecule has 6 heteroatoms. The number of Topliss-reactive ketones (excluding diaryl/α,β-unsaturated/α-hetero) is 1. The summed E-state index contributed by atoms with van der Waals surface area (Å²) in [5.74, 6) is 0.169. The molecule has 1 rings (SSSR count). The zero-order valence-electron chi connectivity index (χ0n) is 6.81. The molecule has 1 unspecified atom stereocenters. The van der Waals surface area contributed by atoms with E-state index in [4.69, 9.17) is 0 Å². The van der Waals surface area contributed by atoms with Crippen LogP contribution in [0.5, 0.6) is 0 Å². The second kappa shape index (κ2) is 9.97. The van der Waals surface area contributed by atoms with Crippen LogP contribution >= 0.6 is 0 Å². The van der Waals surface area contributed by atoms with Crippen LogP contribution in [-0.4, -0.2) is 31.5 Å². The Morgan fingerprint density at radius 3 is 2.33 bits per heavy atom. The summed E-state index contributed by atoms with van der Waals surface area (Å²) in [6.45, 7) is 4.02. The number of ketones is 1. The summed E-state index contributed by atoms with van der Waals surface area (Å²) in [4.78, 5) is 10.7. The van der Waals surface area contributed by atoms with E-state index in [2.05, 4.69) is 10.6 Å². The molecule has 0 aromatic heterocycles. The molecule has 3 nitrogen and oxygen atoms in total. The van der Waals surface area contributed by atoms with E-state index in [1.165, 1.54) is 0 Å². The maximum Gasteiger partial charge on any atom is 3.00 e. The molecule has 1 atom stereocenters. The average molecular weight is 246 g/mol. The molecular weight excluding hydrogens is 235 g/mol. The van der Waals surface area contributed by atoms with E-state index in [9.17, 15) is 4.79 Å². The Kier molecular flexibility index (Phi) is 15.5. The third-order valence-electron chi connectivity index (χ3n) is 1.45. The molecule has 1 aliphatic rings. The number of hydrogen-bond acceptors (Lipinski definition) is 2. The van der Waals surface area contributed by atoms with E-state index in [1.807, 2.05) is 0 Å². The van der Waals surface area contributed by atoms with Gasteiger partial charge in [-0.15, -0.1) is 6.54 Å². The summed E-state index contributed by atoms with van der Waals surface area (Å²) in [7, 11) is 0. The molecule has 0 amide bonds. The SMILES string of the molecule is CC(=O)C1CNCC[N-]1.[Cl-].[Cl-].[Ti+3]. The molecule has 1 fully saturated rings. The second-order valence-corrected chi connectivity index (χ2v) is 2.24. The number of rotatable bonds is 1. The molecule has 1 aliphatic heterocycles. The van der Waals surface area contributed by atoms with Crippen molar-refractivity contribution in [1.82, 2.24) is 5.32 Å². The summed E-state index contributed by atoms with van der Waals surface area (Å²) in [6.07, 6.45) is 0. The van der Waals surface area contributed by atoms with Gasteiger partial charge in [0.2, 0.25) is 0 Å². The first kappa shape index (κ1) is 18.6. The van der Waals surface area contributed by atoms with E-state index < -0.39 is 0 Å². The maximum absolute atomic E-state index is 10.7. The molecule has 1 heterocycles. The fourth-order valence-corrected chi connectivity index (χ4v) is 0.875. The zero-order chi connectivity index (χ0) is 6.69. The van der Waals surface area contributed by atoms with E-state index in [0.29, 0.717) is 0 Å². The second-order valence-electron chi connectivity index (χ2n) is 2.24. The summed E-state index contributed by atoms with van der Waals surface area (Å²) in [6, 6.07) is -0.0706. The largest absolute Gasteiger partial charge is 3.00 e. The fraction of sp³-hybridized carbons (Fsp3) is 0.833. The summed E-state index contributed by atoms with van der Waals surface area (Å²) >= 11 is 0. The quantitative estimate of drug-likeness (QED) is 0.468. The molecular formula is C6H11Cl2N2OTi. The van der Waals surface area contributed by atoms with Gasteiger partial charge < -0.3 is 40.2 Å². The van der Waals surface area contributed by atoms with Crippen molar-refractivity contribution in [3.63, 3.8) is 0 Å². The molecule has 0 spiro atoms. The van der Waals surface area contributed by atoms with Gasteiger partial charge in [-0.25, -0.2) is 0 Å². The minimum absolute atomic E-state index is 0. The molecule has 1 saturated heterocycles. The van der Waals surface area contributed by atoms with Gasteiger partial charge in [0.15, 0.2) is 0 Å². The van der Waals surface area contributed by atoms with Crippen molar-refractivity contribution in [1.29, 1.82) is 0 Å². The molecule has 1 radical (unpaired) electrons. The zero-order valence-corrected chi connectivity index (χ0v) is 9.88. The predicted octanol–water partition coefficient (Wildman–Crippen LogP) is -6.07. The summed E-state index contributed by atoms with van der Waals surface area (Å²) in [5, 5.41) is 7.22. The van der Waals surface area contributed by atoms with Crippen LogP contribution in [0.4, 0.5) is 0 Å². The van der Waals surface area contributed by atoms with Crippen molar-refractivity contribution in [3.8, 4) is 0 Å². The third kappa shape index (κ3) is 6.41. The van der Waals surface area contributed by atoms with Crippen LogP contribution in [0.3, 0.4) is 0 Å². The van der Waals surface area contributed by atoms with E-state index in [-0.39, 0.29) is 58.4 Å². The Labute approximate surface area is 100 Å². The van der Waals surface area contributed by atoms with Crippen LogP contribution in [0.2, 0.25) is 0 Å². The molecule has 0 aromatic carbocycles. The number of carbonyl (C=O) groups excluding carboxylic acids is 1. The van der Waals surface area contributed by atoms with Crippen molar-refractivity contribution < 1.29 is 51.3 Å². The van der Waals surface area contributed by atoms with E-state index in [0.717, 1.165) is 19.6 Å². The van der Waals surface area contributed by atoms with Crippen molar-refractivity contribution in [2.24, 2.45) is 0 Å². The van der Waals surface area contributed by atoms with E-state index in [1.54, 1.807) is 6.92 Å². The van der Waals surface area contributed by atoms with Gasteiger partial charge in [-0.3, -0.25) is 0 Å². The smallest absolute Gasteiger partial charge is 1.00 e. The molecule has 0 aromatic rings. The molecule has 0 saturated carbocycles. The van der Waals surface area contributed by atoms with Gasteiger partial charge in [0.05, 0.1) is 0 Å². The normalized spacial score (nSPS) is 20.9. The maximum atomic E-state index is 10.7.